The van der Waals surface area contributed by atoms with E-state index in [1.165, 1.54) is 16.4 Å². The summed E-state index contributed by atoms with van der Waals surface area (Å²) >= 11 is 0. The van der Waals surface area contributed by atoms with Crippen LogP contribution >= 0.6 is 0 Å². The Bertz CT molecular complexity index is 822. The van der Waals surface area contributed by atoms with E-state index in [1.807, 2.05) is 0 Å². The highest BCUT2D eigenvalue weighted by atomic mass is 32.2. The third-order valence-corrected chi connectivity index (χ3v) is 5.86. The maximum Gasteiger partial charge on any atom is 0.243 e. The molecule has 0 N–H and O–H groups in total. The summed E-state index contributed by atoms with van der Waals surface area (Å²) in [6.07, 6.45) is 1.24. The first-order valence-corrected chi connectivity index (χ1v) is 8.56. The topological polar surface area (TPSA) is 37.4 Å². The van der Waals surface area contributed by atoms with Gasteiger partial charge in [0.15, 0.2) is 11.6 Å². The van der Waals surface area contributed by atoms with Crippen molar-refractivity contribution in [2.24, 2.45) is 0 Å². The highest BCUT2D eigenvalue weighted by Gasteiger charge is 2.36. The van der Waals surface area contributed by atoms with Crippen molar-refractivity contribution in [2.75, 3.05) is 6.54 Å². The van der Waals surface area contributed by atoms with Gasteiger partial charge in [-0.2, -0.15) is 4.31 Å². The zero-order valence-electron chi connectivity index (χ0n) is 12.0. The van der Waals surface area contributed by atoms with E-state index in [0.717, 1.165) is 12.1 Å². The molecule has 122 valence electrons. The van der Waals surface area contributed by atoms with E-state index in [0.29, 0.717) is 24.5 Å². The summed E-state index contributed by atoms with van der Waals surface area (Å²) in [6.45, 7) is 0.281. The van der Waals surface area contributed by atoms with E-state index >= 15 is 0 Å². The lowest BCUT2D eigenvalue weighted by molar-refractivity contribution is 0.395. The highest BCUT2D eigenvalue weighted by Crippen LogP contribution is 2.36. The maximum absolute atomic E-state index is 13.4. The van der Waals surface area contributed by atoms with Crippen LogP contribution in [0.2, 0.25) is 0 Å². The average molecular weight is 341 g/mol. The molecule has 3 nitrogen and oxygen atoms in total. The summed E-state index contributed by atoms with van der Waals surface area (Å²) in [4.78, 5) is -0.287. The average Bonchev–Trinajstić information content (AvgIpc) is 3.01. The van der Waals surface area contributed by atoms with Crippen LogP contribution in [0.25, 0.3) is 0 Å². The van der Waals surface area contributed by atoms with E-state index in [4.69, 9.17) is 0 Å². The van der Waals surface area contributed by atoms with Gasteiger partial charge in [-0.05, 0) is 48.7 Å². The van der Waals surface area contributed by atoms with Crippen LogP contribution in [0.1, 0.15) is 24.4 Å². The zero-order valence-corrected chi connectivity index (χ0v) is 12.9. The summed E-state index contributed by atoms with van der Waals surface area (Å²) in [7, 11) is -3.95. The molecule has 3 rings (SSSR count). The van der Waals surface area contributed by atoms with Crippen molar-refractivity contribution >= 4 is 10.0 Å². The largest absolute Gasteiger partial charge is 0.243 e. The van der Waals surface area contributed by atoms with E-state index in [2.05, 4.69) is 0 Å². The molecule has 0 aromatic heterocycles. The minimum Gasteiger partial charge on any atom is -0.207 e. The lowest BCUT2D eigenvalue weighted by Gasteiger charge is -2.24. The first kappa shape index (κ1) is 16.0. The van der Waals surface area contributed by atoms with Gasteiger partial charge in [0, 0.05) is 6.54 Å². The summed E-state index contributed by atoms with van der Waals surface area (Å²) in [5, 5.41) is 0. The van der Waals surface area contributed by atoms with Crippen LogP contribution in [0, 0.1) is 17.5 Å². The van der Waals surface area contributed by atoms with Gasteiger partial charge < -0.3 is 0 Å². The second kappa shape index (κ2) is 5.98. The molecule has 0 bridgehead atoms. The summed E-state index contributed by atoms with van der Waals surface area (Å²) < 4.78 is 66.1. The Morgan fingerprint density at radius 1 is 0.957 bits per heavy atom. The minimum absolute atomic E-state index is 0.281. The normalized spacial score (nSPS) is 19.2. The van der Waals surface area contributed by atoms with E-state index in [-0.39, 0.29) is 11.4 Å². The lowest BCUT2D eigenvalue weighted by atomic mass is 10.1. The molecule has 1 aliphatic heterocycles. The summed E-state index contributed by atoms with van der Waals surface area (Å²) in [6, 6.07) is 7.72. The summed E-state index contributed by atoms with van der Waals surface area (Å²) in [5.41, 5.74) is 0.676. The molecule has 0 radical (unpaired) electrons. The third kappa shape index (κ3) is 2.98. The highest BCUT2D eigenvalue weighted by molar-refractivity contribution is 7.89. The Labute approximate surface area is 132 Å². The van der Waals surface area contributed by atoms with Gasteiger partial charge in [0.05, 0.1) is 10.9 Å². The van der Waals surface area contributed by atoms with E-state index in [9.17, 15) is 21.6 Å². The van der Waals surface area contributed by atoms with Crippen LogP contribution in [-0.4, -0.2) is 19.3 Å². The van der Waals surface area contributed by atoms with E-state index < -0.39 is 33.5 Å². The molecular weight excluding hydrogens is 327 g/mol. The number of nitrogens with zero attached hydrogens (tertiary/aromatic N) is 1. The predicted molar refractivity (Wildman–Crippen MR) is 78.6 cm³/mol. The molecule has 0 saturated carbocycles. The van der Waals surface area contributed by atoms with Crippen LogP contribution in [0.5, 0.6) is 0 Å². The van der Waals surface area contributed by atoms with Crippen LogP contribution in [0.15, 0.2) is 47.4 Å². The molecule has 1 saturated heterocycles. The number of rotatable bonds is 3. The maximum atomic E-state index is 13.4. The summed E-state index contributed by atoms with van der Waals surface area (Å²) in [5.74, 6) is -2.70. The van der Waals surface area contributed by atoms with Gasteiger partial charge >= 0.3 is 0 Å². The SMILES string of the molecule is O=S(=O)(c1ccc(F)c(F)c1)N1CCCC1c1ccc(F)cc1. The van der Waals surface area contributed by atoms with Gasteiger partial charge in [0.1, 0.15) is 5.82 Å². The Balaban J connectivity index is 1.97. The van der Waals surface area contributed by atoms with Gasteiger partial charge in [0.25, 0.3) is 0 Å². The molecule has 1 fully saturated rings. The fourth-order valence-corrected chi connectivity index (χ4v) is 4.51. The van der Waals surface area contributed by atoms with Gasteiger partial charge in [0.2, 0.25) is 10.0 Å². The Kier molecular flexibility index (Phi) is 4.16. The molecule has 23 heavy (non-hydrogen) atoms. The van der Waals surface area contributed by atoms with Gasteiger partial charge in [-0.15, -0.1) is 0 Å². The molecule has 0 amide bonds. The molecule has 0 aliphatic carbocycles. The van der Waals surface area contributed by atoms with Crippen LogP contribution in [0.3, 0.4) is 0 Å². The molecule has 1 heterocycles. The molecule has 2 aromatic carbocycles. The smallest absolute Gasteiger partial charge is 0.207 e. The Morgan fingerprint density at radius 2 is 1.65 bits per heavy atom. The fraction of sp³-hybridized carbons (Fsp3) is 0.250. The van der Waals surface area contributed by atoms with Crippen LogP contribution in [0.4, 0.5) is 13.2 Å². The molecule has 2 aromatic rings. The van der Waals surface area contributed by atoms with Gasteiger partial charge in [-0.3, -0.25) is 0 Å². The van der Waals surface area contributed by atoms with E-state index in [1.54, 1.807) is 12.1 Å². The number of benzene rings is 2. The first-order chi connectivity index (χ1) is 10.9. The number of sulfonamides is 1. The number of hydrogen-bond donors (Lipinski definition) is 0. The minimum atomic E-state index is -3.95. The number of halogens is 3. The van der Waals surface area contributed by atoms with Crippen molar-refractivity contribution in [3.63, 3.8) is 0 Å². The molecule has 1 atom stereocenters. The van der Waals surface area contributed by atoms with Crippen molar-refractivity contribution in [3.8, 4) is 0 Å². The molecule has 1 unspecified atom stereocenters. The molecule has 0 spiro atoms. The number of hydrogen-bond acceptors (Lipinski definition) is 2. The molecule has 1 aliphatic rings. The quantitative estimate of drug-likeness (QED) is 0.855. The lowest BCUT2D eigenvalue weighted by Crippen LogP contribution is -2.30. The van der Waals surface area contributed by atoms with Gasteiger partial charge in [-0.25, -0.2) is 21.6 Å². The second-order valence-corrected chi connectivity index (χ2v) is 7.29. The van der Waals surface area contributed by atoms with Crippen molar-refractivity contribution in [3.05, 3.63) is 65.5 Å². The van der Waals surface area contributed by atoms with Crippen LogP contribution < -0.4 is 0 Å². The monoisotopic (exact) mass is 341 g/mol. The Morgan fingerprint density at radius 3 is 2.30 bits per heavy atom. The molecule has 7 heteroatoms. The second-order valence-electron chi connectivity index (χ2n) is 5.40. The Hall–Kier alpha value is -1.86. The van der Waals surface area contributed by atoms with Crippen molar-refractivity contribution in [1.82, 2.24) is 4.31 Å². The predicted octanol–water partition coefficient (Wildman–Crippen LogP) is 3.63. The first-order valence-electron chi connectivity index (χ1n) is 7.12. The van der Waals surface area contributed by atoms with Crippen LogP contribution in [-0.2, 0) is 10.0 Å². The fourth-order valence-electron chi connectivity index (χ4n) is 2.82. The van der Waals surface area contributed by atoms with Crippen molar-refractivity contribution < 1.29 is 21.6 Å². The van der Waals surface area contributed by atoms with Crippen molar-refractivity contribution in [2.45, 2.75) is 23.8 Å². The zero-order chi connectivity index (χ0) is 16.6. The van der Waals surface area contributed by atoms with Crippen molar-refractivity contribution in [1.29, 1.82) is 0 Å². The standard InChI is InChI=1S/C16H14F3NO2S/c17-12-5-3-11(4-6-12)16-2-1-9-20(16)23(21,22)13-7-8-14(18)15(19)10-13/h3-8,10,16H,1-2,9H2. The molecular formula is C16H14F3NO2S. The van der Waals surface area contributed by atoms with Gasteiger partial charge in [-0.1, -0.05) is 12.1 Å². The third-order valence-electron chi connectivity index (χ3n) is 3.96.